The van der Waals surface area contributed by atoms with Crippen molar-refractivity contribution in [3.63, 3.8) is 0 Å². The van der Waals surface area contributed by atoms with Gasteiger partial charge in [-0.05, 0) is 25.8 Å². The first kappa shape index (κ1) is 21.6. The van der Waals surface area contributed by atoms with E-state index in [2.05, 4.69) is 0 Å². The van der Waals surface area contributed by atoms with Gasteiger partial charge in [-0.1, -0.05) is 0 Å². The van der Waals surface area contributed by atoms with Gasteiger partial charge in [-0.25, -0.2) is 13.6 Å². The molecule has 0 amide bonds. The summed E-state index contributed by atoms with van der Waals surface area (Å²) in [6, 6.07) is 0.332. The molecule has 9 nitrogen and oxygen atoms in total. The first-order valence-electron chi connectivity index (χ1n) is 10.3. The van der Waals surface area contributed by atoms with Gasteiger partial charge >= 0.3 is 5.69 Å². The quantitative estimate of drug-likeness (QED) is 0.603. The lowest BCUT2D eigenvalue weighted by Gasteiger charge is -2.25. The molecule has 1 saturated heterocycles. The van der Waals surface area contributed by atoms with Crippen LogP contribution in [0.2, 0.25) is 0 Å². The van der Waals surface area contributed by atoms with Crippen molar-refractivity contribution in [3.05, 3.63) is 32.7 Å². The number of hydrogen-bond donors (Lipinski definition) is 2. The zero-order valence-electron chi connectivity index (χ0n) is 17.5. The lowest BCUT2D eigenvalue weighted by molar-refractivity contribution is 0.105. The number of nitrogen functional groups attached to an aromatic ring is 1. The summed E-state index contributed by atoms with van der Waals surface area (Å²) in [6.07, 6.45) is 0.166. The molecule has 1 aromatic carbocycles. The summed E-state index contributed by atoms with van der Waals surface area (Å²) in [4.78, 5) is 26.8. The van der Waals surface area contributed by atoms with Gasteiger partial charge < -0.3 is 25.9 Å². The molecule has 1 aliphatic heterocycles. The van der Waals surface area contributed by atoms with E-state index >= 15 is 4.39 Å². The summed E-state index contributed by atoms with van der Waals surface area (Å²) in [7, 11) is 1.33. The second kappa shape index (κ2) is 8.12. The summed E-state index contributed by atoms with van der Waals surface area (Å²) in [5.74, 6) is 4.35. The number of anilines is 1. The summed E-state index contributed by atoms with van der Waals surface area (Å²) in [5.41, 5.74) is 4.77. The zero-order valence-corrected chi connectivity index (χ0v) is 17.5. The van der Waals surface area contributed by atoms with Crippen LogP contribution in [0, 0.1) is 11.7 Å². The average molecular weight is 439 g/mol. The van der Waals surface area contributed by atoms with Crippen LogP contribution in [-0.2, 0) is 4.74 Å². The molecule has 0 radical (unpaired) electrons. The van der Waals surface area contributed by atoms with E-state index in [4.69, 9.17) is 21.1 Å². The molecule has 0 spiro atoms. The highest BCUT2D eigenvalue weighted by Gasteiger charge is 2.40. The minimum absolute atomic E-state index is 0.00623. The number of alkyl halides is 1. The minimum atomic E-state index is -1.29. The number of hydrogen-bond acceptors (Lipinski definition) is 7. The van der Waals surface area contributed by atoms with Crippen LogP contribution >= 0.6 is 0 Å². The molecule has 3 atom stereocenters. The molecule has 2 aromatic rings. The second-order valence-corrected chi connectivity index (χ2v) is 8.10. The lowest BCUT2D eigenvalue weighted by Crippen LogP contribution is -2.44. The Morgan fingerprint density at radius 2 is 2.00 bits per heavy atom. The molecule has 2 aliphatic rings. The fourth-order valence-electron chi connectivity index (χ4n) is 4.35. The summed E-state index contributed by atoms with van der Waals surface area (Å²) >= 11 is 0. The van der Waals surface area contributed by atoms with Crippen LogP contribution in [0.15, 0.2) is 15.7 Å². The van der Waals surface area contributed by atoms with Gasteiger partial charge in [0, 0.05) is 37.7 Å². The Morgan fingerprint density at radius 1 is 1.29 bits per heavy atom. The molecule has 4 N–H and O–H groups in total. The molecule has 31 heavy (non-hydrogen) atoms. The van der Waals surface area contributed by atoms with Crippen LogP contribution in [0.1, 0.15) is 25.8 Å². The van der Waals surface area contributed by atoms with Crippen molar-refractivity contribution in [1.29, 1.82) is 0 Å². The molecule has 170 valence electrons. The van der Waals surface area contributed by atoms with E-state index in [-0.39, 0.29) is 48.1 Å². The van der Waals surface area contributed by atoms with E-state index in [1.807, 2.05) is 6.92 Å². The third kappa shape index (κ3) is 3.55. The maximum absolute atomic E-state index is 15.3. The minimum Gasteiger partial charge on any atom is -0.492 e. The highest BCUT2D eigenvalue weighted by Crippen LogP contribution is 2.43. The Bertz CT molecular complexity index is 1110. The van der Waals surface area contributed by atoms with Crippen LogP contribution in [0.4, 0.5) is 14.5 Å². The molecule has 0 bridgehead atoms. The predicted octanol–water partition coefficient (Wildman–Crippen LogP) is 0.498. The van der Waals surface area contributed by atoms with E-state index in [0.29, 0.717) is 11.3 Å². The molecule has 1 saturated carbocycles. The number of aromatic nitrogens is 2. The topological polar surface area (TPSA) is 118 Å². The molecule has 2 heterocycles. The molecule has 11 heteroatoms. The van der Waals surface area contributed by atoms with Crippen LogP contribution in [0.3, 0.4) is 0 Å². The van der Waals surface area contributed by atoms with E-state index in [0.717, 1.165) is 18.9 Å². The molecular formula is C20H27F2N5O4. The van der Waals surface area contributed by atoms with Gasteiger partial charge in [-0.3, -0.25) is 9.36 Å². The van der Waals surface area contributed by atoms with Gasteiger partial charge in [0.1, 0.15) is 17.4 Å². The van der Waals surface area contributed by atoms with E-state index in [1.54, 1.807) is 0 Å². The molecule has 1 aliphatic carbocycles. The van der Waals surface area contributed by atoms with Crippen molar-refractivity contribution in [2.45, 2.75) is 38.0 Å². The number of halogens is 2. The number of nitrogens with zero attached hydrogens (tertiary/aromatic N) is 3. The number of fused-ring (bicyclic) bond motifs is 1. The van der Waals surface area contributed by atoms with Crippen LogP contribution in [0.5, 0.6) is 5.75 Å². The Hall–Kier alpha value is -2.66. The van der Waals surface area contributed by atoms with E-state index < -0.39 is 35.2 Å². The maximum atomic E-state index is 15.3. The molecule has 0 unspecified atom stereocenters. The SMILES string of the molecule is CCOC[C@@H](N)[C@H]1CN(c2c(F)cc3c(=O)n(N)c(=O)n(C4CC4)c3c2OC)C[C@@H]1F. The summed E-state index contributed by atoms with van der Waals surface area (Å²) in [5, 5.41) is -0.0623. The Labute approximate surface area is 177 Å². The van der Waals surface area contributed by atoms with Gasteiger partial charge in [-0.2, -0.15) is 4.68 Å². The van der Waals surface area contributed by atoms with Gasteiger partial charge in [0.25, 0.3) is 5.56 Å². The average Bonchev–Trinajstić information content (AvgIpc) is 3.51. The number of methoxy groups -OCH3 is 1. The zero-order chi connectivity index (χ0) is 22.4. The normalized spacial score (nSPS) is 22.3. The standard InChI is InChI=1S/C20H27F2N5O4/c1-3-31-9-15(23)12-7-25(8-14(12)22)17-13(21)6-11-16(18(17)30-2)26(10-4-5-10)20(29)27(24)19(11)28/h6,10,12,14-15H,3-5,7-9,23-24H2,1-2H3/t12-,14-,15+/m0/s1. The summed E-state index contributed by atoms with van der Waals surface area (Å²) in [6.45, 7) is 2.54. The largest absolute Gasteiger partial charge is 0.492 e. The van der Waals surface area contributed by atoms with Gasteiger partial charge in [0.15, 0.2) is 11.6 Å². The first-order chi connectivity index (χ1) is 14.8. The van der Waals surface area contributed by atoms with Gasteiger partial charge in [0.05, 0.1) is 19.1 Å². The molecule has 4 rings (SSSR count). The van der Waals surface area contributed by atoms with Gasteiger partial charge in [-0.15, -0.1) is 0 Å². The van der Waals surface area contributed by atoms with E-state index in [9.17, 15) is 14.0 Å². The third-order valence-electron chi connectivity index (χ3n) is 6.07. The Morgan fingerprint density at radius 3 is 2.61 bits per heavy atom. The van der Waals surface area contributed by atoms with Crippen molar-refractivity contribution in [1.82, 2.24) is 9.24 Å². The van der Waals surface area contributed by atoms with Crippen molar-refractivity contribution >= 4 is 16.6 Å². The second-order valence-electron chi connectivity index (χ2n) is 8.10. The smallest absolute Gasteiger partial charge is 0.350 e. The Balaban J connectivity index is 1.85. The van der Waals surface area contributed by atoms with Gasteiger partial charge in [0.2, 0.25) is 0 Å². The van der Waals surface area contributed by atoms with Crippen LogP contribution in [-0.4, -0.2) is 54.9 Å². The summed E-state index contributed by atoms with van der Waals surface area (Å²) < 4.78 is 42.8. The van der Waals surface area contributed by atoms with Crippen molar-refractivity contribution in [3.8, 4) is 5.75 Å². The molecule has 2 fully saturated rings. The van der Waals surface area contributed by atoms with Crippen LogP contribution in [0.25, 0.3) is 10.9 Å². The highest BCUT2D eigenvalue weighted by molar-refractivity contribution is 5.91. The maximum Gasteiger partial charge on any atom is 0.350 e. The fourth-order valence-corrected chi connectivity index (χ4v) is 4.35. The molecular weight excluding hydrogens is 412 g/mol. The third-order valence-corrected chi connectivity index (χ3v) is 6.07. The Kier molecular flexibility index (Phi) is 5.65. The lowest BCUT2D eigenvalue weighted by atomic mass is 9.99. The number of ether oxygens (including phenoxy) is 2. The fraction of sp³-hybridized carbons (Fsp3) is 0.600. The number of nitrogens with two attached hydrogens (primary N) is 2. The van der Waals surface area contributed by atoms with Crippen molar-refractivity contribution < 1.29 is 18.3 Å². The van der Waals surface area contributed by atoms with E-state index in [1.165, 1.54) is 16.6 Å². The van der Waals surface area contributed by atoms with Crippen molar-refractivity contribution in [2.24, 2.45) is 11.7 Å². The highest BCUT2D eigenvalue weighted by atomic mass is 19.1. The van der Waals surface area contributed by atoms with Crippen molar-refractivity contribution in [2.75, 3.05) is 44.2 Å². The number of rotatable bonds is 7. The molecule has 1 aromatic heterocycles. The first-order valence-corrected chi connectivity index (χ1v) is 10.3. The number of benzene rings is 1. The predicted molar refractivity (Wildman–Crippen MR) is 112 cm³/mol. The monoisotopic (exact) mass is 439 g/mol. The van der Waals surface area contributed by atoms with Crippen LogP contribution < -0.4 is 32.5 Å².